The number of imide groups is 1. The number of amides is 4. The van der Waals surface area contributed by atoms with E-state index in [0.29, 0.717) is 36.7 Å². The first-order valence-electron chi connectivity index (χ1n) is 15.2. The third kappa shape index (κ3) is 6.50. The molecule has 2 atom stereocenters. The molecule has 6 rings (SSSR count). The zero-order valence-corrected chi connectivity index (χ0v) is 25.1. The number of anilines is 2. The molecule has 0 spiro atoms. The molecule has 1 aromatic heterocycles. The first-order valence-corrected chi connectivity index (χ1v) is 15.2. The van der Waals surface area contributed by atoms with Crippen LogP contribution in [0.5, 0.6) is 0 Å². The average Bonchev–Trinajstić information content (AvgIpc) is 3.84. The van der Waals surface area contributed by atoms with Gasteiger partial charge in [-0.15, -0.1) is 0 Å². The van der Waals surface area contributed by atoms with E-state index in [-0.39, 0.29) is 30.3 Å². The summed E-state index contributed by atoms with van der Waals surface area (Å²) in [4.78, 5) is 58.9. The van der Waals surface area contributed by atoms with Crippen LogP contribution in [0.2, 0.25) is 0 Å². The lowest BCUT2D eigenvalue weighted by molar-refractivity contribution is -0.138. The van der Waals surface area contributed by atoms with Crippen LogP contribution in [-0.4, -0.2) is 64.2 Å². The molecular formula is C35H35N5O5. The largest absolute Gasteiger partial charge is 0.436 e. The molecule has 2 fully saturated rings. The molecule has 2 aliphatic rings. The van der Waals surface area contributed by atoms with Crippen LogP contribution in [0.1, 0.15) is 38.2 Å². The van der Waals surface area contributed by atoms with Crippen LogP contribution >= 0.6 is 0 Å². The highest BCUT2D eigenvalue weighted by Gasteiger charge is 2.34. The van der Waals surface area contributed by atoms with Crippen LogP contribution < -0.4 is 10.2 Å². The second-order valence-corrected chi connectivity index (χ2v) is 11.4. The van der Waals surface area contributed by atoms with Gasteiger partial charge in [0.1, 0.15) is 12.2 Å². The summed E-state index contributed by atoms with van der Waals surface area (Å²) in [5, 5.41) is 2.96. The Bertz CT molecular complexity index is 1670. The van der Waals surface area contributed by atoms with Gasteiger partial charge >= 0.3 is 0 Å². The second kappa shape index (κ2) is 13.2. The van der Waals surface area contributed by atoms with Gasteiger partial charge in [0, 0.05) is 42.5 Å². The number of likely N-dealkylation sites (tertiary alicyclic amines) is 1. The number of hydrogen-bond acceptors (Lipinski definition) is 7. The zero-order valence-electron chi connectivity index (χ0n) is 25.1. The van der Waals surface area contributed by atoms with E-state index in [4.69, 9.17) is 4.42 Å². The molecule has 230 valence electrons. The molecule has 45 heavy (non-hydrogen) atoms. The zero-order chi connectivity index (χ0) is 31.3. The molecule has 2 saturated heterocycles. The number of nitrogens with one attached hydrogen (secondary N) is 1. The van der Waals surface area contributed by atoms with Gasteiger partial charge in [-0.1, -0.05) is 30.3 Å². The smallest absolute Gasteiger partial charge is 0.247 e. The maximum atomic E-state index is 13.1. The number of carbonyl (C=O) groups excluding carboxylic acids is 4. The second-order valence-electron chi connectivity index (χ2n) is 11.4. The van der Waals surface area contributed by atoms with Crippen LogP contribution in [0.25, 0.3) is 22.8 Å². The van der Waals surface area contributed by atoms with Gasteiger partial charge in [-0.2, -0.15) is 0 Å². The SMILES string of the molecule is CC(=O)N(C=O)C1CCCN1c1ccc(-c2cnc(-c3ccc(NC(=O)[C@@H]4CCCN4C(=O)Cc4ccccc4)cc3)o2)cc1. The molecule has 0 radical (unpaired) electrons. The summed E-state index contributed by atoms with van der Waals surface area (Å²) in [5.74, 6) is 0.551. The number of hydrogen-bond donors (Lipinski definition) is 1. The minimum atomic E-state index is -0.490. The fourth-order valence-electron chi connectivity index (χ4n) is 6.18. The molecule has 3 heterocycles. The maximum absolute atomic E-state index is 13.1. The molecule has 2 aliphatic heterocycles. The van der Waals surface area contributed by atoms with Crippen molar-refractivity contribution in [1.29, 1.82) is 0 Å². The topological polar surface area (TPSA) is 116 Å². The van der Waals surface area contributed by atoms with E-state index in [1.165, 1.54) is 11.8 Å². The van der Waals surface area contributed by atoms with Crippen molar-refractivity contribution in [3.05, 3.63) is 90.6 Å². The van der Waals surface area contributed by atoms with Crippen molar-refractivity contribution < 1.29 is 23.6 Å². The summed E-state index contributed by atoms with van der Waals surface area (Å²) in [7, 11) is 0. The van der Waals surface area contributed by atoms with Gasteiger partial charge in [0.25, 0.3) is 0 Å². The third-order valence-electron chi connectivity index (χ3n) is 8.48. The van der Waals surface area contributed by atoms with Gasteiger partial charge in [-0.05, 0) is 79.8 Å². The molecule has 4 amide bonds. The van der Waals surface area contributed by atoms with Crippen LogP contribution in [0.3, 0.4) is 0 Å². The molecule has 3 aromatic carbocycles. The van der Waals surface area contributed by atoms with E-state index in [0.717, 1.165) is 48.2 Å². The molecule has 1 N–H and O–H groups in total. The minimum Gasteiger partial charge on any atom is -0.436 e. The van der Waals surface area contributed by atoms with Crippen LogP contribution in [-0.2, 0) is 25.6 Å². The highest BCUT2D eigenvalue weighted by atomic mass is 16.4. The lowest BCUT2D eigenvalue weighted by Gasteiger charge is -2.32. The summed E-state index contributed by atoms with van der Waals surface area (Å²) < 4.78 is 6.07. The van der Waals surface area contributed by atoms with E-state index in [9.17, 15) is 19.2 Å². The number of nitrogens with zero attached hydrogens (tertiary/aromatic N) is 4. The molecule has 10 heteroatoms. The van der Waals surface area contributed by atoms with Crippen LogP contribution in [0.15, 0.2) is 89.5 Å². The van der Waals surface area contributed by atoms with Crippen molar-refractivity contribution in [3.63, 3.8) is 0 Å². The number of oxazole rings is 1. The summed E-state index contributed by atoms with van der Waals surface area (Å²) in [6.07, 6.45) is 5.34. The highest BCUT2D eigenvalue weighted by Crippen LogP contribution is 2.32. The van der Waals surface area contributed by atoms with Crippen molar-refractivity contribution >= 4 is 35.5 Å². The van der Waals surface area contributed by atoms with E-state index in [1.807, 2.05) is 66.7 Å². The predicted molar refractivity (Wildman–Crippen MR) is 170 cm³/mol. The summed E-state index contributed by atoms with van der Waals surface area (Å²) in [6.45, 7) is 2.74. The Hall–Kier alpha value is -5.25. The monoisotopic (exact) mass is 605 g/mol. The summed E-state index contributed by atoms with van der Waals surface area (Å²) in [5.41, 5.74) is 4.09. The van der Waals surface area contributed by atoms with Gasteiger partial charge in [0.05, 0.1) is 12.6 Å². The lowest BCUT2D eigenvalue weighted by Crippen LogP contribution is -2.46. The maximum Gasteiger partial charge on any atom is 0.247 e. The summed E-state index contributed by atoms with van der Waals surface area (Å²) in [6, 6.07) is 24.1. The fraction of sp³-hybridized carbons (Fsp3) is 0.286. The fourth-order valence-corrected chi connectivity index (χ4v) is 6.18. The van der Waals surface area contributed by atoms with Crippen LogP contribution in [0.4, 0.5) is 11.4 Å². The number of aromatic nitrogens is 1. The van der Waals surface area contributed by atoms with Crippen molar-refractivity contribution in [1.82, 2.24) is 14.8 Å². The Kier molecular flexibility index (Phi) is 8.72. The molecule has 0 bridgehead atoms. The Morgan fingerprint density at radius 2 is 1.64 bits per heavy atom. The number of carbonyl (C=O) groups is 4. The van der Waals surface area contributed by atoms with E-state index in [1.54, 1.807) is 23.2 Å². The molecule has 1 unspecified atom stereocenters. The van der Waals surface area contributed by atoms with Gasteiger partial charge in [-0.3, -0.25) is 24.1 Å². The van der Waals surface area contributed by atoms with E-state index >= 15 is 0 Å². The summed E-state index contributed by atoms with van der Waals surface area (Å²) >= 11 is 0. The third-order valence-corrected chi connectivity index (χ3v) is 8.48. The molecule has 0 aliphatic carbocycles. The van der Waals surface area contributed by atoms with Crippen molar-refractivity contribution in [2.75, 3.05) is 23.3 Å². The van der Waals surface area contributed by atoms with Crippen LogP contribution in [0, 0.1) is 0 Å². The number of benzene rings is 3. The molecule has 10 nitrogen and oxygen atoms in total. The molecule has 4 aromatic rings. The first kappa shape index (κ1) is 29.8. The van der Waals surface area contributed by atoms with Crippen molar-refractivity contribution in [3.8, 4) is 22.8 Å². The van der Waals surface area contributed by atoms with Gasteiger partial charge in [0.2, 0.25) is 30.0 Å². The Labute approximate surface area is 261 Å². The quantitative estimate of drug-likeness (QED) is 0.264. The molecule has 0 saturated carbocycles. The Morgan fingerprint density at radius 3 is 2.36 bits per heavy atom. The van der Waals surface area contributed by atoms with E-state index in [2.05, 4.69) is 15.2 Å². The lowest BCUT2D eigenvalue weighted by atomic mass is 10.1. The number of rotatable bonds is 9. The average molecular weight is 606 g/mol. The van der Waals surface area contributed by atoms with Crippen molar-refractivity contribution in [2.24, 2.45) is 0 Å². The van der Waals surface area contributed by atoms with Crippen molar-refractivity contribution in [2.45, 2.75) is 51.2 Å². The minimum absolute atomic E-state index is 0.0405. The van der Waals surface area contributed by atoms with Gasteiger partial charge < -0.3 is 19.5 Å². The van der Waals surface area contributed by atoms with Gasteiger partial charge in [-0.25, -0.2) is 4.98 Å². The Balaban J connectivity index is 1.08. The van der Waals surface area contributed by atoms with E-state index < -0.39 is 6.04 Å². The normalized spacial score (nSPS) is 17.7. The Morgan fingerprint density at radius 1 is 0.933 bits per heavy atom. The predicted octanol–water partition coefficient (Wildman–Crippen LogP) is 5.11. The molecular weight excluding hydrogens is 570 g/mol. The first-order chi connectivity index (χ1) is 21.9. The van der Waals surface area contributed by atoms with Gasteiger partial charge in [0.15, 0.2) is 5.76 Å². The highest BCUT2D eigenvalue weighted by molar-refractivity contribution is 5.98. The standard InChI is InChI=1S/C35H35N5O5/c1-24(42)40(23-41)32-10-6-19-38(32)29-17-13-26(14-18-29)31-22-36-35(45-31)27-11-15-28(16-12-27)37-34(44)30-9-5-20-39(30)33(43)21-25-7-3-2-4-8-25/h2-4,7-8,11-18,22-23,30,32H,5-6,9-10,19-21H2,1H3,(H,37,44)/t30-,32?/m0/s1.